The Morgan fingerprint density at radius 1 is 1.32 bits per heavy atom. The number of nitrogens with one attached hydrogen (secondary N) is 3. The number of H-pyrrole nitrogens is 1. The summed E-state index contributed by atoms with van der Waals surface area (Å²) in [6, 6.07) is 4.41. The molecule has 1 aromatic heterocycles. The number of hydrogen-bond donors (Lipinski definition) is 3. The van der Waals surface area contributed by atoms with E-state index in [1.54, 1.807) is 6.07 Å². The highest BCUT2D eigenvalue weighted by molar-refractivity contribution is 6.04. The molecule has 2 aromatic rings. The molecule has 0 aliphatic heterocycles. The van der Waals surface area contributed by atoms with Crippen LogP contribution in [-0.2, 0) is 4.79 Å². The Morgan fingerprint density at radius 3 is 2.79 bits per heavy atom. The van der Waals surface area contributed by atoms with Crippen LogP contribution >= 0.6 is 0 Å². The molecule has 2 amide bonds. The summed E-state index contributed by atoms with van der Waals surface area (Å²) in [6.45, 7) is 2.02. The minimum atomic E-state index is -0.481. The van der Waals surface area contributed by atoms with E-state index in [0.29, 0.717) is 11.9 Å². The molecule has 0 unspecified atom stereocenters. The summed E-state index contributed by atoms with van der Waals surface area (Å²) in [4.78, 5) is 22.5. The first-order chi connectivity index (χ1) is 9.09. The van der Waals surface area contributed by atoms with Crippen LogP contribution in [0.2, 0.25) is 0 Å². The molecular weight excluding hydrogens is 251 g/mol. The van der Waals surface area contributed by atoms with Gasteiger partial charge in [0.05, 0.1) is 0 Å². The zero-order valence-electron chi connectivity index (χ0n) is 10.3. The number of aromatic amines is 1. The van der Waals surface area contributed by atoms with E-state index in [1.165, 1.54) is 19.1 Å². The topological polar surface area (TPSA) is 86.9 Å². The molecule has 0 radical (unpaired) electrons. The maximum Gasteiger partial charge on any atom is 0.270 e. The predicted octanol–water partition coefficient (Wildman–Crippen LogP) is 0.568. The van der Waals surface area contributed by atoms with Crippen molar-refractivity contribution in [3.63, 3.8) is 0 Å². The second-order valence-corrected chi connectivity index (χ2v) is 3.97. The number of carbonyl (C=O) groups is 2. The van der Waals surface area contributed by atoms with Crippen molar-refractivity contribution in [2.24, 2.45) is 0 Å². The number of aromatic nitrogens is 2. The van der Waals surface area contributed by atoms with Crippen molar-refractivity contribution in [2.75, 3.05) is 13.1 Å². The fourth-order valence-corrected chi connectivity index (χ4v) is 1.68. The molecule has 0 atom stereocenters. The highest BCUT2D eigenvalue weighted by atomic mass is 19.1. The third kappa shape index (κ3) is 2.87. The number of rotatable bonds is 4. The van der Waals surface area contributed by atoms with Crippen molar-refractivity contribution >= 4 is 22.7 Å². The summed E-state index contributed by atoms with van der Waals surface area (Å²) in [7, 11) is 0. The van der Waals surface area contributed by atoms with E-state index < -0.39 is 11.7 Å². The first-order valence-corrected chi connectivity index (χ1v) is 5.75. The second-order valence-electron chi connectivity index (χ2n) is 3.97. The van der Waals surface area contributed by atoms with Gasteiger partial charge in [-0.05, 0) is 6.07 Å². The lowest BCUT2D eigenvalue weighted by molar-refractivity contribution is -0.118. The predicted molar refractivity (Wildman–Crippen MR) is 67.1 cm³/mol. The van der Waals surface area contributed by atoms with Crippen molar-refractivity contribution in [3.8, 4) is 0 Å². The average Bonchev–Trinajstić information content (AvgIpc) is 2.79. The van der Waals surface area contributed by atoms with Crippen LogP contribution in [0, 0.1) is 5.82 Å². The van der Waals surface area contributed by atoms with Gasteiger partial charge >= 0.3 is 0 Å². The van der Waals surface area contributed by atoms with E-state index in [-0.39, 0.29) is 23.7 Å². The first kappa shape index (κ1) is 13.0. The van der Waals surface area contributed by atoms with Crippen molar-refractivity contribution < 1.29 is 14.0 Å². The van der Waals surface area contributed by atoms with E-state index >= 15 is 0 Å². The van der Waals surface area contributed by atoms with E-state index in [1.807, 2.05) is 0 Å². The van der Waals surface area contributed by atoms with Gasteiger partial charge in [0, 0.05) is 25.4 Å². The molecular formula is C12H13FN4O2. The Labute approximate surface area is 108 Å². The standard InChI is InChI=1S/C12H13FN4O2/c1-7(18)14-5-6-15-12(19)11-8-3-2-4-9(13)10(8)16-17-11/h2-4H,5-6H2,1H3,(H,14,18)(H,15,19)(H,16,17). The van der Waals surface area contributed by atoms with Gasteiger partial charge in [-0.2, -0.15) is 5.10 Å². The number of hydrogen-bond acceptors (Lipinski definition) is 3. The van der Waals surface area contributed by atoms with Gasteiger partial charge < -0.3 is 10.6 Å². The highest BCUT2D eigenvalue weighted by Gasteiger charge is 2.14. The van der Waals surface area contributed by atoms with Crippen LogP contribution in [0.5, 0.6) is 0 Å². The molecule has 1 aromatic carbocycles. The largest absolute Gasteiger partial charge is 0.355 e. The van der Waals surface area contributed by atoms with Crippen molar-refractivity contribution in [3.05, 3.63) is 29.7 Å². The number of halogens is 1. The number of benzene rings is 1. The molecule has 1 heterocycles. The number of para-hydroxylation sites is 1. The Morgan fingerprint density at radius 2 is 2.05 bits per heavy atom. The maximum atomic E-state index is 13.4. The van der Waals surface area contributed by atoms with Gasteiger partial charge in [0.2, 0.25) is 5.91 Å². The lowest BCUT2D eigenvalue weighted by Gasteiger charge is -2.04. The molecule has 3 N–H and O–H groups in total. The maximum absolute atomic E-state index is 13.4. The summed E-state index contributed by atoms with van der Waals surface area (Å²) >= 11 is 0. The molecule has 6 nitrogen and oxygen atoms in total. The van der Waals surface area contributed by atoms with Crippen LogP contribution in [0.3, 0.4) is 0 Å². The van der Waals surface area contributed by atoms with Crippen molar-refractivity contribution in [1.82, 2.24) is 20.8 Å². The molecule has 0 saturated carbocycles. The fraction of sp³-hybridized carbons (Fsp3) is 0.250. The summed E-state index contributed by atoms with van der Waals surface area (Å²) in [5.74, 6) is -1.03. The lowest BCUT2D eigenvalue weighted by Crippen LogP contribution is -2.33. The monoisotopic (exact) mass is 264 g/mol. The van der Waals surface area contributed by atoms with Crippen LogP contribution in [0.4, 0.5) is 4.39 Å². The van der Waals surface area contributed by atoms with Gasteiger partial charge in [-0.3, -0.25) is 14.7 Å². The van der Waals surface area contributed by atoms with Gasteiger partial charge in [0.1, 0.15) is 11.2 Å². The van der Waals surface area contributed by atoms with E-state index in [9.17, 15) is 14.0 Å². The van der Waals surface area contributed by atoms with Crippen LogP contribution in [-0.4, -0.2) is 35.1 Å². The smallest absolute Gasteiger partial charge is 0.270 e. The fourth-order valence-electron chi connectivity index (χ4n) is 1.68. The molecule has 19 heavy (non-hydrogen) atoms. The van der Waals surface area contributed by atoms with Gasteiger partial charge in [-0.15, -0.1) is 0 Å². The van der Waals surface area contributed by atoms with Gasteiger partial charge in [0.15, 0.2) is 5.82 Å². The van der Waals surface area contributed by atoms with Gasteiger partial charge in [-0.1, -0.05) is 12.1 Å². The highest BCUT2D eigenvalue weighted by Crippen LogP contribution is 2.18. The van der Waals surface area contributed by atoms with E-state index in [2.05, 4.69) is 20.8 Å². The Bertz CT molecular complexity index is 623. The van der Waals surface area contributed by atoms with Crippen molar-refractivity contribution in [1.29, 1.82) is 0 Å². The molecule has 0 saturated heterocycles. The minimum Gasteiger partial charge on any atom is -0.355 e. The lowest BCUT2D eigenvalue weighted by atomic mass is 10.2. The van der Waals surface area contributed by atoms with E-state index in [0.717, 1.165) is 0 Å². The summed E-state index contributed by atoms with van der Waals surface area (Å²) < 4.78 is 13.4. The molecule has 2 rings (SSSR count). The number of amides is 2. The normalized spacial score (nSPS) is 10.4. The second kappa shape index (κ2) is 5.47. The SMILES string of the molecule is CC(=O)NCCNC(=O)c1[nH]nc2c(F)cccc12. The molecule has 0 fully saturated rings. The number of nitrogens with zero attached hydrogens (tertiary/aromatic N) is 1. The van der Waals surface area contributed by atoms with Crippen LogP contribution in [0.15, 0.2) is 18.2 Å². The van der Waals surface area contributed by atoms with Gasteiger partial charge in [0.25, 0.3) is 5.91 Å². The van der Waals surface area contributed by atoms with Crippen LogP contribution < -0.4 is 10.6 Å². The average molecular weight is 264 g/mol. The Hall–Kier alpha value is -2.44. The number of fused-ring (bicyclic) bond motifs is 1. The zero-order valence-corrected chi connectivity index (χ0v) is 10.3. The van der Waals surface area contributed by atoms with Gasteiger partial charge in [-0.25, -0.2) is 4.39 Å². The molecule has 0 aliphatic carbocycles. The molecule has 100 valence electrons. The quantitative estimate of drug-likeness (QED) is 0.705. The van der Waals surface area contributed by atoms with Crippen LogP contribution in [0.25, 0.3) is 10.9 Å². The molecule has 0 bridgehead atoms. The van der Waals surface area contributed by atoms with E-state index in [4.69, 9.17) is 0 Å². The van der Waals surface area contributed by atoms with Crippen LogP contribution in [0.1, 0.15) is 17.4 Å². The van der Waals surface area contributed by atoms with Crippen molar-refractivity contribution in [2.45, 2.75) is 6.92 Å². The Kier molecular flexibility index (Phi) is 3.74. The molecule has 0 aliphatic rings. The third-order valence-corrected chi connectivity index (χ3v) is 2.55. The number of carbonyl (C=O) groups excluding carboxylic acids is 2. The summed E-state index contributed by atoms with van der Waals surface area (Å²) in [5.41, 5.74) is 0.340. The summed E-state index contributed by atoms with van der Waals surface area (Å²) in [6.07, 6.45) is 0. The first-order valence-electron chi connectivity index (χ1n) is 5.75. The zero-order chi connectivity index (χ0) is 13.8. The Balaban J connectivity index is 2.06. The minimum absolute atomic E-state index is 0.134. The molecule has 7 heteroatoms. The third-order valence-electron chi connectivity index (χ3n) is 2.55. The summed E-state index contributed by atoms with van der Waals surface area (Å²) in [5, 5.41) is 11.9. The molecule has 0 spiro atoms.